The second kappa shape index (κ2) is 5.18. The third-order valence-electron chi connectivity index (χ3n) is 2.36. The van der Waals surface area contributed by atoms with Crippen molar-refractivity contribution in [2.24, 2.45) is 0 Å². The summed E-state index contributed by atoms with van der Waals surface area (Å²) in [5.41, 5.74) is 0.340. The van der Waals surface area contributed by atoms with Crippen molar-refractivity contribution in [1.29, 1.82) is 0 Å². The van der Waals surface area contributed by atoms with Crippen LogP contribution in [0.1, 0.15) is 32.2 Å². The van der Waals surface area contributed by atoms with Gasteiger partial charge in [-0.05, 0) is 11.6 Å². The van der Waals surface area contributed by atoms with Crippen molar-refractivity contribution in [1.82, 2.24) is 5.16 Å². The van der Waals surface area contributed by atoms with Gasteiger partial charge in [0.25, 0.3) is 5.76 Å². The summed E-state index contributed by atoms with van der Waals surface area (Å²) in [6.07, 6.45) is 3.02. The van der Waals surface area contributed by atoms with Gasteiger partial charge in [-0.1, -0.05) is 41.6 Å². The van der Waals surface area contributed by atoms with Crippen LogP contribution in [0.2, 0.25) is 0 Å². The number of rotatable bonds is 4. The van der Waals surface area contributed by atoms with E-state index >= 15 is 0 Å². The molecule has 0 fully saturated rings. The Balaban J connectivity index is 2.38. The Morgan fingerprint density at radius 2 is 1.74 bits per heavy atom. The highest BCUT2D eigenvalue weighted by molar-refractivity contribution is 6.02. The minimum atomic E-state index is -1.47. The van der Waals surface area contributed by atoms with Crippen LogP contribution in [0.4, 0.5) is 0 Å². The van der Waals surface area contributed by atoms with Crippen molar-refractivity contribution in [2.75, 3.05) is 0 Å². The molecule has 0 unspecified atom stereocenters. The first-order valence-corrected chi connectivity index (χ1v) is 5.29. The minimum absolute atomic E-state index is 0.0336. The molecule has 1 heterocycles. The van der Waals surface area contributed by atoms with E-state index in [-0.39, 0.29) is 5.69 Å². The lowest BCUT2D eigenvalue weighted by molar-refractivity contribution is 0.0619. The highest BCUT2D eigenvalue weighted by Crippen LogP contribution is 2.17. The van der Waals surface area contributed by atoms with Gasteiger partial charge in [0.15, 0.2) is 0 Å². The van der Waals surface area contributed by atoms with Gasteiger partial charge in [0.05, 0.1) is 0 Å². The lowest BCUT2D eigenvalue weighted by Crippen LogP contribution is -2.05. The molecule has 0 aliphatic heterocycles. The third kappa shape index (κ3) is 2.68. The number of carbonyl (C=O) groups is 2. The molecule has 96 valence electrons. The summed E-state index contributed by atoms with van der Waals surface area (Å²) in [5.74, 6) is -3.55. The summed E-state index contributed by atoms with van der Waals surface area (Å²) in [6.45, 7) is 0. The molecule has 19 heavy (non-hydrogen) atoms. The van der Waals surface area contributed by atoms with Crippen molar-refractivity contribution in [3.8, 4) is 0 Å². The van der Waals surface area contributed by atoms with Gasteiger partial charge in [-0.15, -0.1) is 0 Å². The second-order valence-electron chi connectivity index (χ2n) is 3.63. The Morgan fingerprint density at radius 1 is 1.05 bits per heavy atom. The molecular weight excluding hydrogens is 250 g/mol. The van der Waals surface area contributed by atoms with Crippen molar-refractivity contribution < 1.29 is 24.3 Å². The average molecular weight is 259 g/mol. The molecule has 0 aliphatic carbocycles. The number of benzene rings is 1. The largest absolute Gasteiger partial charge is 0.477 e. The van der Waals surface area contributed by atoms with Crippen LogP contribution in [-0.4, -0.2) is 27.3 Å². The SMILES string of the molecule is O=C(O)c1onc(/C=C/c2ccccc2)c1C(=O)O. The predicted molar refractivity (Wildman–Crippen MR) is 65.8 cm³/mol. The van der Waals surface area contributed by atoms with Crippen LogP contribution in [0.15, 0.2) is 34.9 Å². The van der Waals surface area contributed by atoms with Crippen LogP contribution in [0, 0.1) is 0 Å². The van der Waals surface area contributed by atoms with E-state index in [1.54, 1.807) is 6.08 Å². The number of nitrogens with zero attached hydrogens (tertiary/aromatic N) is 1. The van der Waals surface area contributed by atoms with Crippen molar-refractivity contribution in [3.05, 3.63) is 52.9 Å². The number of carboxylic acid groups (broad SMARTS) is 2. The number of aromatic carboxylic acids is 2. The van der Waals surface area contributed by atoms with Crippen LogP contribution in [-0.2, 0) is 0 Å². The summed E-state index contributed by atoms with van der Waals surface area (Å²) in [6, 6.07) is 9.12. The van der Waals surface area contributed by atoms with Crippen molar-refractivity contribution in [2.45, 2.75) is 0 Å². The Labute approximate surface area is 107 Å². The maximum Gasteiger partial charge on any atom is 0.375 e. The third-order valence-corrected chi connectivity index (χ3v) is 2.36. The molecule has 2 rings (SSSR count). The molecule has 6 nitrogen and oxygen atoms in total. The fourth-order valence-electron chi connectivity index (χ4n) is 1.51. The maximum atomic E-state index is 11.0. The van der Waals surface area contributed by atoms with Gasteiger partial charge in [0.2, 0.25) is 0 Å². The standard InChI is InChI=1S/C13H9NO5/c15-12(16)10-9(14-19-11(10)13(17)18)7-6-8-4-2-1-3-5-8/h1-7H,(H,15,16)(H,17,18)/b7-6+. The van der Waals surface area contributed by atoms with E-state index in [1.165, 1.54) is 6.08 Å². The van der Waals surface area contributed by atoms with Gasteiger partial charge in [-0.25, -0.2) is 9.59 Å². The molecule has 0 aliphatic rings. The first-order chi connectivity index (χ1) is 9.09. The van der Waals surface area contributed by atoms with Crippen molar-refractivity contribution >= 4 is 24.1 Å². The smallest absolute Gasteiger partial charge is 0.375 e. The molecule has 1 aromatic carbocycles. The number of aromatic nitrogens is 1. The monoisotopic (exact) mass is 259 g/mol. The summed E-state index contributed by atoms with van der Waals surface area (Å²) in [7, 11) is 0. The molecule has 0 saturated carbocycles. The van der Waals surface area contributed by atoms with E-state index in [4.69, 9.17) is 10.2 Å². The van der Waals surface area contributed by atoms with E-state index in [1.807, 2.05) is 30.3 Å². The Bertz CT molecular complexity index is 642. The number of hydrogen-bond acceptors (Lipinski definition) is 4. The summed E-state index contributed by atoms with van der Waals surface area (Å²) in [4.78, 5) is 21.8. The quantitative estimate of drug-likeness (QED) is 0.873. The molecule has 0 amide bonds. The molecule has 0 bridgehead atoms. The van der Waals surface area contributed by atoms with Gasteiger partial charge in [-0.3, -0.25) is 0 Å². The summed E-state index contributed by atoms with van der Waals surface area (Å²) in [5, 5.41) is 21.2. The fraction of sp³-hybridized carbons (Fsp3) is 0. The van der Waals surface area contributed by atoms with E-state index in [0.717, 1.165) is 5.56 Å². The van der Waals surface area contributed by atoms with Crippen LogP contribution in [0.25, 0.3) is 12.2 Å². The molecule has 2 aromatic rings. The van der Waals surface area contributed by atoms with E-state index in [2.05, 4.69) is 9.68 Å². The summed E-state index contributed by atoms with van der Waals surface area (Å²) < 4.78 is 4.53. The van der Waals surface area contributed by atoms with Gasteiger partial charge in [0.1, 0.15) is 11.3 Å². The normalized spacial score (nSPS) is 10.7. The molecular formula is C13H9NO5. The zero-order valence-electron chi connectivity index (χ0n) is 9.61. The highest BCUT2D eigenvalue weighted by Gasteiger charge is 2.25. The maximum absolute atomic E-state index is 11.0. The van der Waals surface area contributed by atoms with Gasteiger partial charge >= 0.3 is 11.9 Å². The van der Waals surface area contributed by atoms with Crippen LogP contribution in [0.5, 0.6) is 0 Å². The van der Waals surface area contributed by atoms with E-state index < -0.39 is 23.3 Å². The molecule has 0 saturated heterocycles. The molecule has 1 aromatic heterocycles. The van der Waals surface area contributed by atoms with Crippen LogP contribution >= 0.6 is 0 Å². The van der Waals surface area contributed by atoms with Gasteiger partial charge in [-0.2, -0.15) is 0 Å². The lowest BCUT2D eigenvalue weighted by Gasteiger charge is -1.92. The van der Waals surface area contributed by atoms with Crippen molar-refractivity contribution in [3.63, 3.8) is 0 Å². The molecule has 6 heteroatoms. The highest BCUT2D eigenvalue weighted by atomic mass is 16.5. The van der Waals surface area contributed by atoms with E-state index in [9.17, 15) is 9.59 Å². The summed E-state index contributed by atoms with van der Waals surface area (Å²) >= 11 is 0. The van der Waals surface area contributed by atoms with Gasteiger partial charge in [0, 0.05) is 0 Å². The molecule has 0 radical (unpaired) electrons. The second-order valence-corrected chi connectivity index (χ2v) is 3.63. The van der Waals surface area contributed by atoms with Crippen LogP contribution < -0.4 is 0 Å². The number of hydrogen-bond donors (Lipinski definition) is 2. The lowest BCUT2D eigenvalue weighted by atomic mass is 10.1. The zero-order valence-corrected chi connectivity index (χ0v) is 9.61. The van der Waals surface area contributed by atoms with Gasteiger partial charge < -0.3 is 14.7 Å². The van der Waals surface area contributed by atoms with Crippen LogP contribution in [0.3, 0.4) is 0 Å². The topological polar surface area (TPSA) is 101 Å². The predicted octanol–water partition coefficient (Wildman–Crippen LogP) is 2.24. The first kappa shape index (κ1) is 12.6. The Kier molecular flexibility index (Phi) is 3.42. The minimum Gasteiger partial charge on any atom is -0.477 e. The average Bonchev–Trinajstić information content (AvgIpc) is 2.81. The van der Waals surface area contributed by atoms with E-state index in [0.29, 0.717) is 0 Å². The first-order valence-electron chi connectivity index (χ1n) is 5.29. The fourth-order valence-corrected chi connectivity index (χ4v) is 1.51. The molecule has 0 spiro atoms. The Hall–Kier alpha value is -2.89. The zero-order chi connectivity index (χ0) is 13.8. The molecule has 0 atom stereocenters. The Morgan fingerprint density at radius 3 is 2.32 bits per heavy atom. The molecule has 2 N–H and O–H groups in total. The number of carboxylic acids is 2.